The monoisotopic (exact) mass is 302 g/mol. The van der Waals surface area contributed by atoms with Gasteiger partial charge in [-0.2, -0.15) is 0 Å². The molecule has 1 aromatic carbocycles. The van der Waals surface area contributed by atoms with Crippen LogP contribution in [0.5, 0.6) is 5.75 Å². The molecule has 0 unspecified atom stereocenters. The minimum atomic E-state index is -0.114. The number of aryl methyl sites for hydroxylation is 1. The Bertz CT molecular complexity index is 623. The van der Waals surface area contributed by atoms with E-state index in [1.807, 2.05) is 6.07 Å². The van der Waals surface area contributed by atoms with Crippen molar-refractivity contribution in [2.75, 3.05) is 25.9 Å². The molecule has 22 heavy (non-hydrogen) atoms. The number of carbonyl (C=O) groups excluding carboxylic acids is 2. The molecule has 1 aliphatic carbocycles. The van der Waals surface area contributed by atoms with Crippen molar-refractivity contribution in [3.63, 3.8) is 0 Å². The third-order valence-electron chi connectivity index (χ3n) is 3.82. The van der Waals surface area contributed by atoms with Crippen LogP contribution in [0.25, 0.3) is 0 Å². The van der Waals surface area contributed by atoms with Gasteiger partial charge in [-0.05, 0) is 31.4 Å². The van der Waals surface area contributed by atoms with Crippen molar-refractivity contribution in [3.05, 3.63) is 35.4 Å². The minimum absolute atomic E-state index is 0.0822. The lowest BCUT2D eigenvalue weighted by atomic mass is 9.89. The molecule has 0 atom stereocenters. The predicted octanol–water partition coefficient (Wildman–Crippen LogP) is 2.20. The van der Waals surface area contributed by atoms with Gasteiger partial charge in [0.2, 0.25) is 5.91 Å². The van der Waals surface area contributed by atoms with Gasteiger partial charge in [0, 0.05) is 24.6 Å². The van der Waals surface area contributed by atoms with E-state index < -0.39 is 0 Å². The lowest BCUT2D eigenvalue weighted by molar-refractivity contribution is -0.126. The molecule has 0 aliphatic heterocycles. The zero-order valence-electron chi connectivity index (χ0n) is 13.1. The fourth-order valence-corrected chi connectivity index (χ4v) is 2.59. The van der Waals surface area contributed by atoms with E-state index >= 15 is 0 Å². The number of nitrogens with two attached hydrogens (primary N) is 1. The Morgan fingerprint density at radius 3 is 2.82 bits per heavy atom. The molecular weight excluding hydrogens is 280 g/mol. The summed E-state index contributed by atoms with van der Waals surface area (Å²) in [5.74, 6) is 0.473. The lowest BCUT2D eigenvalue weighted by Gasteiger charge is -2.21. The molecule has 0 fully saturated rings. The maximum Gasteiger partial charge on any atom is 0.248 e. The third-order valence-corrected chi connectivity index (χ3v) is 3.82. The second-order valence-corrected chi connectivity index (χ2v) is 5.64. The van der Waals surface area contributed by atoms with E-state index in [1.165, 1.54) is 0 Å². The van der Waals surface area contributed by atoms with Crippen LogP contribution in [0, 0.1) is 0 Å². The number of ketones is 1. The molecule has 2 N–H and O–H groups in total. The molecule has 5 nitrogen and oxygen atoms in total. The number of nitrogen functional groups attached to an aromatic ring is 1. The summed E-state index contributed by atoms with van der Waals surface area (Å²) in [6.45, 7) is 6.04. The van der Waals surface area contributed by atoms with E-state index in [-0.39, 0.29) is 11.7 Å². The van der Waals surface area contributed by atoms with Crippen molar-refractivity contribution in [2.45, 2.75) is 26.2 Å². The first-order valence-corrected chi connectivity index (χ1v) is 7.40. The zero-order chi connectivity index (χ0) is 16.3. The number of amides is 1. The molecule has 118 valence electrons. The Balaban J connectivity index is 2.02. The van der Waals surface area contributed by atoms with Crippen LogP contribution in [0.1, 0.15) is 35.7 Å². The van der Waals surface area contributed by atoms with Gasteiger partial charge >= 0.3 is 0 Å². The summed E-state index contributed by atoms with van der Waals surface area (Å²) in [6, 6.07) is 3.70. The SMILES string of the molecule is C=C(C)C(=O)N(C)CCOc1ccc2c(c1N)C(=O)CCC2. The summed E-state index contributed by atoms with van der Waals surface area (Å²) in [5.41, 5.74) is 8.58. The fraction of sp³-hybridized carbons (Fsp3) is 0.412. The molecule has 0 saturated heterocycles. The molecule has 5 heteroatoms. The normalized spacial score (nSPS) is 13.5. The van der Waals surface area contributed by atoms with Crippen LogP contribution in [-0.4, -0.2) is 36.8 Å². The summed E-state index contributed by atoms with van der Waals surface area (Å²) in [6.07, 6.45) is 2.29. The lowest BCUT2D eigenvalue weighted by Crippen LogP contribution is -2.31. The molecule has 0 bridgehead atoms. The number of carbonyl (C=O) groups is 2. The highest BCUT2D eigenvalue weighted by Crippen LogP contribution is 2.33. The molecule has 1 aliphatic rings. The smallest absolute Gasteiger partial charge is 0.248 e. The molecule has 0 saturated carbocycles. The van der Waals surface area contributed by atoms with Crippen LogP contribution in [0.15, 0.2) is 24.3 Å². The van der Waals surface area contributed by atoms with Crippen LogP contribution in [0.2, 0.25) is 0 Å². The second kappa shape index (κ2) is 6.64. The van der Waals surface area contributed by atoms with Crippen LogP contribution >= 0.6 is 0 Å². The predicted molar refractivity (Wildman–Crippen MR) is 86.1 cm³/mol. The summed E-state index contributed by atoms with van der Waals surface area (Å²) in [5, 5.41) is 0. The number of rotatable bonds is 5. The summed E-state index contributed by atoms with van der Waals surface area (Å²) >= 11 is 0. The highest BCUT2D eigenvalue weighted by atomic mass is 16.5. The average Bonchev–Trinajstić information content (AvgIpc) is 2.48. The first-order chi connectivity index (χ1) is 10.4. The van der Waals surface area contributed by atoms with E-state index in [0.29, 0.717) is 42.1 Å². The second-order valence-electron chi connectivity index (χ2n) is 5.64. The summed E-state index contributed by atoms with van der Waals surface area (Å²) in [4.78, 5) is 25.2. The first-order valence-electron chi connectivity index (χ1n) is 7.40. The Hall–Kier alpha value is -2.30. The minimum Gasteiger partial charge on any atom is -0.490 e. The van der Waals surface area contributed by atoms with Gasteiger partial charge in [0.25, 0.3) is 0 Å². The standard InChI is InChI=1S/C17H22N2O3/c1-11(2)17(21)19(3)9-10-22-14-8-7-12-5-4-6-13(20)15(12)16(14)18/h7-8H,1,4-6,9-10,18H2,2-3H3. The maximum absolute atomic E-state index is 12.0. The molecule has 0 spiro atoms. The molecule has 0 radical (unpaired) electrons. The van der Waals surface area contributed by atoms with Crippen molar-refractivity contribution >= 4 is 17.4 Å². The number of likely N-dealkylation sites (N-methyl/N-ethyl adjacent to an activating group) is 1. The topological polar surface area (TPSA) is 72.6 Å². The molecule has 1 amide bonds. The van der Waals surface area contributed by atoms with Crippen molar-refractivity contribution in [3.8, 4) is 5.75 Å². The Morgan fingerprint density at radius 1 is 1.41 bits per heavy atom. The molecule has 1 aromatic rings. The summed E-state index contributed by atoms with van der Waals surface area (Å²) in [7, 11) is 1.69. The molecular formula is C17H22N2O3. The number of hydrogen-bond donors (Lipinski definition) is 1. The van der Waals surface area contributed by atoms with E-state index in [9.17, 15) is 9.59 Å². The first kappa shape index (κ1) is 16.1. The Labute approximate surface area is 130 Å². The van der Waals surface area contributed by atoms with Crippen LogP contribution < -0.4 is 10.5 Å². The van der Waals surface area contributed by atoms with Crippen molar-refractivity contribution in [1.82, 2.24) is 4.90 Å². The number of Topliss-reactive ketones (excluding diaryl/α,β-unsaturated/α-hetero) is 1. The van der Waals surface area contributed by atoms with Gasteiger partial charge in [-0.3, -0.25) is 9.59 Å². The van der Waals surface area contributed by atoms with Gasteiger partial charge in [0.05, 0.1) is 12.2 Å². The molecule has 2 rings (SSSR count). The van der Waals surface area contributed by atoms with Gasteiger partial charge < -0.3 is 15.4 Å². The van der Waals surface area contributed by atoms with Crippen LogP contribution in [0.4, 0.5) is 5.69 Å². The molecule has 0 aromatic heterocycles. The van der Waals surface area contributed by atoms with Gasteiger partial charge in [-0.15, -0.1) is 0 Å². The average molecular weight is 302 g/mol. The number of benzene rings is 1. The van der Waals surface area contributed by atoms with Crippen LogP contribution in [-0.2, 0) is 11.2 Å². The Morgan fingerprint density at radius 2 is 2.14 bits per heavy atom. The van der Waals surface area contributed by atoms with E-state index in [2.05, 4.69) is 6.58 Å². The maximum atomic E-state index is 12.0. The number of nitrogens with zero attached hydrogens (tertiary/aromatic N) is 1. The number of fused-ring (bicyclic) bond motifs is 1. The highest BCUT2D eigenvalue weighted by Gasteiger charge is 2.22. The van der Waals surface area contributed by atoms with E-state index in [4.69, 9.17) is 10.5 Å². The van der Waals surface area contributed by atoms with Crippen molar-refractivity contribution < 1.29 is 14.3 Å². The molecule has 0 heterocycles. The quantitative estimate of drug-likeness (QED) is 0.668. The largest absolute Gasteiger partial charge is 0.490 e. The van der Waals surface area contributed by atoms with Gasteiger partial charge in [-0.1, -0.05) is 12.6 Å². The highest BCUT2D eigenvalue weighted by molar-refractivity contribution is 6.04. The summed E-state index contributed by atoms with van der Waals surface area (Å²) < 4.78 is 5.65. The van der Waals surface area contributed by atoms with E-state index in [0.717, 1.165) is 18.4 Å². The number of ether oxygens (including phenoxy) is 1. The van der Waals surface area contributed by atoms with Gasteiger partial charge in [-0.25, -0.2) is 0 Å². The zero-order valence-corrected chi connectivity index (χ0v) is 13.1. The number of anilines is 1. The van der Waals surface area contributed by atoms with Crippen molar-refractivity contribution in [2.24, 2.45) is 0 Å². The van der Waals surface area contributed by atoms with Crippen molar-refractivity contribution in [1.29, 1.82) is 0 Å². The van der Waals surface area contributed by atoms with Gasteiger partial charge in [0.1, 0.15) is 12.4 Å². The number of hydrogen-bond acceptors (Lipinski definition) is 4. The Kier molecular flexibility index (Phi) is 4.85. The van der Waals surface area contributed by atoms with Crippen LogP contribution in [0.3, 0.4) is 0 Å². The van der Waals surface area contributed by atoms with Gasteiger partial charge in [0.15, 0.2) is 5.78 Å². The third kappa shape index (κ3) is 3.30. The fourth-order valence-electron chi connectivity index (χ4n) is 2.59. The van der Waals surface area contributed by atoms with E-state index in [1.54, 1.807) is 24.9 Å².